The van der Waals surface area contributed by atoms with Crippen LogP contribution in [0.15, 0.2) is 24.3 Å². The number of halogens is 1. The van der Waals surface area contributed by atoms with Crippen LogP contribution >= 0.6 is 11.6 Å². The standard InChI is InChI=1S/C17H29ClOSi/c1-4-7-14-20(15-8-5-2,19-13-6-3)17-11-9-16(18)10-12-17/h9-12H,4-8,13-15H2,1-3H3. The largest absolute Gasteiger partial charge is 0.412 e. The molecule has 0 aromatic heterocycles. The first-order valence-electron chi connectivity index (χ1n) is 8.08. The molecule has 0 N–H and O–H groups in total. The first-order chi connectivity index (χ1) is 9.68. The lowest BCUT2D eigenvalue weighted by Crippen LogP contribution is -2.50. The van der Waals surface area contributed by atoms with Crippen LogP contribution in [0.5, 0.6) is 0 Å². The van der Waals surface area contributed by atoms with Crippen LogP contribution < -0.4 is 5.19 Å². The quantitative estimate of drug-likeness (QED) is 0.517. The molecule has 0 fully saturated rings. The molecule has 0 spiro atoms. The van der Waals surface area contributed by atoms with Crippen LogP contribution in [0.4, 0.5) is 0 Å². The zero-order chi connectivity index (χ0) is 14.8. The minimum absolute atomic E-state index is 0.818. The second kappa shape index (κ2) is 9.59. The summed E-state index contributed by atoms with van der Waals surface area (Å²) < 4.78 is 6.50. The zero-order valence-corrected chi connectivity index (χ0v) is 15.0. The Labute approximate surface area is 130 Å². The van der Waals surface area contributed by atoms with Gasteiger partial charge in [0.05, 0.1) is 0 Å². The molecule has 114 valence electrons. The van der Waals surface area contributed by atoms with Gasteiger partial charge in [-0.3, -0.25) is 0 Å². The fourth-order valence-electron chi connectivity index (χ4n) is 2.62. The van der Waals surface area contributed by atoms with E-state index >= 15 is 0 Å². The molecule has 0 bridgehead atoms. The Bertz CT molecular complexity index is 342. The van der Waals surface area contributed by atoms with E-state index in [0.29, 0.717) is 0 Å². The van der Waals surface area contributed by atoms with Crippen LogP contribution in [-0.2, 0) is 4.43 Å². The fourth-order valence-corrected chi connectivity index (χ4v) is 7.24. The van der Waals surface area contributed by atoms with Gasteiger partial charge in [-0.25, -0.2) is 0 Å². The van der Waals surface area contributed by atoms with E-state index in [9.17, 15) is 0 Å². The third-order valence-electron chi connectivity index (χ3n) is 3.82. The Morgan fingerprint density at radius 1 is 0.900 bits per heavy atom. The van der Waals surface area contributed by atoms with Crippen molar-refractivity contribution in [2.45, 2.75) is 65.0 Å². The van der Waals surface area contributed by atoms with Crippen LogP contribution in [0.2, 0.25) is 17.1 Å². The van der Waals surface area contributed by atoms with Gasteiger partial charge in [0, 0.05) is 11.6 Å². The van der Waals surface area contributed by atoms with Gasteiger partial charge in [-0.05, 0) is 35.8 Å². The summed E-state index contributed by atoms with van der Waals surface area (Å²) in [7, 11) is -1.82. The molecule has 0 radical (unpaired) electrons. The van der Waals surface area contributed by atoms with Crippen LogP contribution in [0.25, 0.3) is 0 Å². The Hall–Kier alpha value is -0.313. The molecule has 0 amide bonds. The molecular formula is C17H29ClOSi. The highest BCUT2D eigenvalue weighted by atomic mass is 35.5. The molecule has 1 aromatic rings. The number of rotatable bonds is 10. The van der Waals surface area contributed by atoms with Crippen molar-refractivity contribution in [2.75, 3.05) is 6.61 Å². The van der Waals surface area contributed by atoms with E-state index in [-0.39, 0.29) is 0 Å². The van der Waals surface area contributed by atoms with E-state index < -0.39 is 8.32 Å². The maximum Gasteiger partial charge on any atom is 0.224 e. The molecule has 3 heteroatoms. The van der Waals surface area contributed by atoms with E-state index in [0.717, 1.165) is 18.1 Å². The normalized spacial score (nSPS) is 11.8. The van der Waals surface area contributed by atoms with E-state index in [4.69, 9.17) is 16.0 Å². The summed E-state index contributed by atoms with van der Waals surface area (Å²) in [5.74, 6) is 0. The summed E-state index contributed by atoms with van der Waals surface area (Å²) >= 11 is 6.05. The second-order valence-electron chi connectivity index (χ2n) is 5.56. The SMILES string of the molecule is CCCC[Si](CCCC)(OCCC)c1ccc(Cl)cc1. The molecule has 0 aliphatic rings. The summed E-state index contributed by atoms with van der Waals surface area (Å²) in [6.07, 6.45) is 6.11. The van der Waals surface area contributed by atoms with Gasteiger partial charge in [0.25, 0.3) is 0 Å². The highest BCUT2D eigenvalue weighted by Crippen LogP contribution is 2.24. The lowest BCUT2D eigenvalue weighted by Gasteiger charge is -2.32. The van der Waals surface area contributed by atoms with E-state index in [1.54, 1.807) is 0 Å². The summed E-state index contributed by atoms with van der Waals surface area (Å²) in [4.78, 5) is 0. The third-order valence-corrected chi connectivity index (χ3v) is 8.54. The third kappa shape index (κ3) is 5.23. The molecule has 20 heavy (non-hydrogen) atoms. The molecule has 0 aliphatic carbocycles. The van der Waals surface area contributed by atoms with Crippen molar-refractivity contribution >= 4 is 25.1 Å². The van der Waals surface area contributed by atoms with Gasteiger partial charge < -0.3 is 4.43 Å². The number of hydrogen-bond donors (Lipinski definition) is 0. The van der Waals surface area contributed by atoms with Gasteiger partial charge in [-0.15, -0.1) is 0 Å². The van der Waals surface area contributed by atoms with Gasteiger partial charge in [-0.1, -0.05) is 70.2 Å². The maximum absolute atomic E-state index is 6.50. The molecular weight excluding hydrogens is 284 g/mol. The summed E-state index contributed by atoms with van der Waals surface area (Å²) in [6, 6.07) is 10.9. The predicted molar refractivity (Wildman–Crippen MR) is 92.5 cm³/mol. The molecule has 1 nitrogen and oxygen atoms in total. The van der Waals surface area contributed by atoms with Crippen molar-refractivity contribution in [1.82, 2.24) is 0 Å². The Morgan fingerprint density at radius 2 is 1.45 bits per heavy atom. The van der Waals surface area contributed by atoms with E-state index in [2.05, 4.69) is 32.9 Å². The molecule has 0 aliphatic heterocycles. The topological polar surface area (TPSA) is 9.23 Å². The highest BCUT2D eigenvalue weighted by molar-refractivity contribution is 6.86. The lowest BCUT2D eigenvalue weighted by molar-refractivity contribution is 0.304. The Morgan fingerprint density at radius 3 is 1.90 bits per heavy atom. The fraction of sp³-hybridized carbons (Fsp3) is 0.647. The van der Waals surface area contributed by atoms with E-state index in [1.807, 2.05) is 12.1 Å². The van der Waals surface area contributed by atoms with Crippen molar-refractivity contribution in [3.63, 3.8) is 0 Å². The van der Waals surface area contributed by atoms with Crippen LogP contribution in [0, 0.1) is 0 Å². The minimum atomic E-state index is -1.82. The molecule has 1 rings (SSSR count). The van der Waals surface area contributed by atoms with Crippen molar-refractivity contribution < 1.29 is 4.43 Å². The molecule has 0 saturated carbocycles. The Kier molecular flexibility index (Phi) is 8.51. The van der Waals surface area contributed by atoms with Crippen molar-refractivity contribution in [3.05, 3.63) is 29.3 Å². The number of benzene rings is 1. The van der Waals surface area contributed by atoms with Gasteiger partial charge in [0.2, 0.25) is 8.32 Å². The number of hydrogen-bond acceptors (Lipinski definition) is 1. The Balaban J connectivity index is 3.00. The molecule has 0 unspecified atom stereocenters. The van der Waals surface area contributed by atoms with Crippen molar-refractivity contribution in [2.24, 2.45) is 0 Å². The van der Waals surface area contributed by atoms with Gasteiger partial charge in [0.15, 0.2) is 0 Å². The molecule has 0 saturated heterocycles. The summed E-state index contributed by atoms with van der Waals surface area (Å²) in [5.41, 5.74) is 0. The number of unbranched alkanes of at least 4 members (excludes halogenated alkanes) is 2. The first-order valence-corrected chi connectivity index (χ1v) is 10.8. The smallest absolute Gasteiger partial charge is 0.224 e. The van der Waals surface area contributed by atoms with Crippen LogP contribution in [0.3, 0.4) is 0 Å². The zero-order valence-electron chi connectivity index (χ0n) is 13.3. The second-order valence-corrected chi connectivity index (χ2v) is 9.85. The predicted octanol–water partition coefficient (Wildman–Crippen LogP) is 5.52. The monoisotopic (exact) mass is 312 g/mol. The van der Waals surface area contributed by atoms with Crippen LogP contribution in [-0.4, -0.2) is 14.9 Å². The highest BCUT2D eigenvalue weighted by Gasteiger charge is 2.35. The molecule has 1 aromatic carbocycles. The van der Waals surface area contributed by atoms with Crippen LogP contribution in [0.1, 0.15) is 52.9 Å². The first kappa shape index (κ1) is 17.7. The minimum Gasteiger partial charge on any atom is -0.412 e. The average molecular weight is 313 g/mol. The average Bonchev–Trinajstić information content (AvgIpc) is 2.48. The summed E-state index contributed by atoms with van der Waals surface area (Å²) in [5, 5.41) is 2.25. The molecule has 0 atom stereocenters. The lowest BCUT2D eigenvalue weighted by atomic mass is 10.4. The van der Waals surface area contributed by atoms with Gasteiger partial charge in [0.1, 0.15) is 0 Å². The molecule has 0 heterocycles. The summed E-state index contributed by atoms with van der Waals surface area (Å²) in [6.45, 7) is 7.62. The van der Waals surface area contributed by atoms with E-state index in [1.165, 1.54) is 43.0 Å². The van der Waals surface area contributed by atoms with Crippen molar-refractivity contribution in [3.8, 4) is 0 Å². The van der Waals surface area contributed by atoms with Gasteiger partial charge >= 0.3 is 0 Å². The van der Waals surface area contributed by atoms with Gasteiger partial charge in [-0.2, -0.15) is 0 Å². The van der Waals surface area contributed by atoms with Crippen molar-refractivity contribution in [1.29, 1.82) is 0 Å². The maximum atomic E-state index is 6.50.